The molecule has 2 atom stereocenters. The van der Waals surface area contributed by atoms with E-state index in [1.54, 1.807) is 6.92 Å². The fraction of sp³-hybridized carbons (Fsp3) is 0.281. The molecular weight excluding hydrogens is 831 g/mol. The summed E-state index contributed by atoms with van der Waals surface area (Å²) in [7, 11) is 0. The van der Waals surface area contributed by atoms with Crippen LogP contribution in [0, 0.1) is 6.92 Å². The lowest BCUT2D eigenvalue weighted by molar-refractivity contribution is 0.394. The van der Waals surface area contributed by atoms with Crippen LogP contribution in [0.1, 0.15) is 138 Å². The zero-order valence-electron chi connectivity index (χ0n) is 41.4. The maximum atomic E-state index is 12.0. The van der Waals surface area contributed by atoms with Gasteiger partial charge in [0.15, 0.2) is 11.5 Å². The molecule has 4 aromatic carbocycles. The maximum Gasteiger partial charge on any atom is 0.162 e. The van der Waals surface area contributed by atoms with E-state index in [1.807, 2.05) is 13.8 Å². The molecule has 0 aromatic heterocycles. The SMILES string of the molecule is C/C=C\C=C1/CC2(C3=CC=CCC=C3C3=CCC=C(N(C4=CC(c5ccc6c(c5)C(C)(c5ccccc5C(C)C)CC6(C)C)=CC=CC4)c4c(O)cc(O)c(O)c4C)C=C32)c2ccccc21.CC. The quantitative estimate of drug-likeness (QED) is 0.128. The van der Waals surface area contributed by atoms with E-state index in [0.717, 1.165) is 41.8 Å². The molecule has 0 heterocycles. The summed E-state index contributed by atoms with van der Waals surface area (Å²) >= 11 is 0. The minimum absolute atomic E-state index is 0.00970. The minimum atomic E-state index is -0.457. The van der Waals surface area contributed by atoms with Crippen molar-refractivity contribution in [2.24, 2.45) is 0 Å². The highest BCUT2D eigenvalue weighted by Gasteiger charge is 2.54. The highest BCUT2D eigenvalue weighted by Crippen LogP contribution is 2.64. The number of phenols is 3. The Morgan fingerprint density at radius 1 is 0.721 bits per heavy atom. The lowest BCUT2D eigenvalue weighted by Gasteiger charge is -2.33. The summed E-state index contributed by atoms with van der Waals surface area (Å²) in [5.41, 5.74) is 18.7. The summed E-state index contributed by atoms with van der Waals surface area (Å²) in [4.78, 5) is 2.14. The third-order valence-corrected chi connectivity index (χ3v) is 15.2. The molecule has 4 nitrogen and oxygen atoms in total. The van der Waals surface area contributed by atoms with Gasteiger partial charge < -0.3 is 20.2 Å². The van der Waals surface area contributed by atoms with Crippen LogP contribution >= 0.6 is 0 Å². The molecule has 1 spiro atoms. The van der Waals surface area contributed by atoms with Gasteiger partial charge in [-0.3, -0.25) is 0 Å². The number of aromatic hydroxyl groups is 3. The Morgan fingerprint density at radius 2 is 1.44 bits per heavy atom. The van der Waals surface area contributed by atoms with Gasteiger partial charge in [-0.2, -0.15) is 0 Å². The van der Waals surface area contributed by atoms with Crippen LogP contribution in [0.2, 0.25) is 0 Å². The van der Waals surface area contributed by atoms with Crippen LogP contribution in [-0.2, 0) is 16.2 Å². The van der Waals surface area contributed by atoms with Crippen molar-refractivity contribution in [3.63, 3.8) is 0 Å². The van der Waals surface area contributed by atoms with Crippen LogP contribution in [-0.4, -0.2) is 15.3 Å². The molecule has 4 heteroatoms. The molecule has 4 aromatic rings. The average molecular weight is 898 g/mol. The monoisotopic (exact) mass is 898 g/mol. The summed E-state index contributed by atoms with van der Waals surface area (Å²) in [5.74, 6) is -0.310. The molecule has 0 saturated heterocycles. The van der Waals surface area contributed by atoms with Gasteiger partial charge in [0.05, 0.1) is 11.1 Å². The number of fused-ring (bicyclic) bond motifs is 8. The molecule has 68 heavy (non-hydrogen) atoms. The van der Waals surface area contributed by atoms with Gasteiger partial charge in [0, 0.05) is 34.9 Å². The zero-order chi connectivity index (χ0) is 48.1. The molecule has 346 valence electrons. The van der Waals surface area contributed by atoms with Gasteiger partial charge in [0.25, 0.3) is 0 Å². The lowest BCUT2D eigenvalue weighted by atomic mass is 9.72. The Labute approximate surface area is 405 Å². The summed E-state index contributed by atoms with van der Waals surface area (Å²) in [6.45, 7) is 19.6. The van der Waals surface area contributed by atoms with E-state index in [1.165, 1.54) is 67.3 Å². The van der Waals surface area contributed by atoms with Gasteiger partial charge >= 0.3 is 0 Å². The summed E-state index contributed by atoms with van der Waals surface area (Å²) < 4.78 is 0. The Bertz CT molecular complexity index is 3070. The van der Waals surface area contributed by atoms with Crippen LogP contribution in [0.25, 0.3) is 11.1 Å². The molecule has 3 N–H and O–H groups in total. The topological polar surface area (TPSA) is 63.9 Å². The molecular formula is C64H67NO3. The van der Waals surface area contributed by atoms with E-state index in [0.29, 0.717) is 30.0 Å². The molecule has 0 radical (unpaired) electrons. The van der Waals surface area contributed by atoms with Crippen molar-refractivity contribution in [2.45, 2.75) is 117 Å². The molecule has 6 aliphatic carbocycles. The standard InChI is InChI=1S/C62H61NO3.C2H6/c1-8-9-20-43-37-62(51-30-18-16-25-47(43)51)52-29-12-10-11-26-48(52)49-27-19-23-45(35-54(49)62)63(58-40(4)59(66)57(65)36-56(58)64)44-22-14-13-21-41(33-44)42-31-32-53-55(34-42)61(7,38-60(53,5)6)50-28-17-15-24-46(50)39(2)3;1-2/h8-10,12-18,20-21,23-36,39,64-66H,11,19,22,37-38H2,1-7H3;1-2H3/b9-8-,43-20+;. The predicted molar refractivity (Wildman–Crippen MR) is 285 cm³/mol. The van der Waals surface area contributed by atoms with Gasteiger partial charge in [0.1, 0.15) is 5.75 Å². The highest BCUT2D eigenvalue weighted by molar-refractivity contribution is 5.89. The first kappa shape index (κ1) is 46.3. The smallest absolute Gasteiger partial charge is 0.162 e. The van der Waals surface area contributed by atoms with Crippen LogP contribution in [0.15, 0.2) is 192 Å². The maximum absolute atomic E-state index is 12.0. The fourth-order valence-electron chi connectivity index (χ4n) is 12.4. The van der Waals surface area contributed by atoms with Gasteiger partial charge in [-0.15, -0.1) is 0 Å². The van der Waals surface area contributed by atoms with E-state index in [9.17, 15) is 15.3 Å². The van der Waals surface area contributed by atoms with Crippen molar-refractivity contribution >= 4 is 16.8 Å². The predicted octanol–water partition coefficient (Wildman–Crippen LogP) is 16.3. The number of allylic oxidation sites excluding steroid dienone is 20. The average Bonchev–Trinajstić information content (AvgIpc) is 3.55. The van der Waals surface area contributed by atoms with Gasteiger partial charge in [-0.1, -0.05) is 182 Å². The van der Waals surface area contributed by atoms with E-state index >= 15 is 0 Å². The fourth-order valence-corrected chi connectivity index (χ4v) is 12.4. The Kier molecular flexibility index (Phi) is 12.3. The van der Waals surface area contributed by atoms with E-state index in [4.69, 9.17) is 0 Å². The molecule has 0 aliphatic heterocycles. The second kappa shape index (κ2) is 18.0. The van der Waals surface area contributed by atoms with Crippen LogP contribution < -0.4 is 4.90 Å². The molecule has 0 bridgehead atoms. The highest BCUT2D eigenvalue weighted by atomic mass is 16.3. The van der Waals surface area contributed by atoms with Crippen LogP contribution in [0.3, 0.4) is 0 Å². The summed E-state index contributed by atoms with van der Waals surface area (Å²) in [6.07, 6.45) is 35.3. The third-order valence-electron chi connectivity index (χ3n) is 15.2. The Hall–Kier alpha value is -6.78. The molecule has 1 fully saturated rings. The number of anilines is 1. The van der Waals surface area contributed by atoms with E-state index in [2.05, 4.69) is 198 Å². The van der Waals surface area contributed by atoms with Gasteiger partial charge in [-0.25, -0.2) is 0 Å². The van der Waals surface area contributed by atoms with Crippen molar-refractivity contribution < 1.29 is 15.3 Å². The van der Waals surface area contributed by atoms with Gasteiger partial charge in [0.2, 0.25) is 0 Å². The first-order chi connectivity index (χ1) is 32.8. The first-order valence-corrected chi connectivity index (χ1v) is 24.8. The zero-order valence-corrected chi connectivity index (χ0v) is 41.4. The van der Waals surface area contributed by atoms with Crippen molar-refractivity contribution in [1.82, 2.24) is 0 Å². The molecule has 1 saturated carbocycles. The normalized spacial score (nSPS) is 22.6. The lowest BCUT2D eigenvalue weighted by Crippen LogP contribution is -2.26. The van der Waals surface area contributed by atoms with Crippen molar-refractivity contribution in [3.8, 4) is 17.2 Å². The Morgan fingerprint density at radius 3 is 2.22 bits per heavy atom. The minimum Gasteiger partial charge on any atom is -0.506 e. The number of nitrogens with zero attached hydrogens (tertiary/aromatic N) is 1. The number of rotatable bonds is 7. The van der Waals surface area contributed by atoms with Crippen LogP contribution in [0.5, 0.6) is 17.2 Å². The van der Waals surface area contributed by atoms with Gasteiger partial charge in [-0.05, 0) is 141 Å². The number of hydrogen-bond donors (Lipinski definition) is 3. The van der Waals surface area contributed by atoms with E-state index in [-0.39, 0.29) is 28.1 Å². The van der Waals surface area contributed by atoms with Crippen molar-refractivity contribution in [3.05, 3.63) is 236 Å². The van der Waals surface area contributed by atoms with Crippen molar-refractivity contribution in [2.75, 3.05) is 4.90 Å². The van der Waals surface area contributed by atoms with E-state index < -0.39 is 5.41 Å². The number of hydrogen-bond acceptors (Lipinski definition) is 4. The largest absolute Gasteiger partial charge is 0.506 e. The molecule has 10 rings (SSSR count). The Balaban J connectivity index is 0.00000285. The summed E-state index contributed by atoms with van der Waals surface area (Å²) in [5, 5.41) is 34.2. The summed E-state index contributed by atoms with van der Waals surface area (Å²) in [6, 6.07) is 26.2. The second-order valence-corrected chi connectivity index (χ2v) is 20.1. The number of benzene rings is 4. The van der Waals surface area contributed by atoms with Crippen LogP contribution in [0.4, 0.5) is 5.69 Å². The number of phenolic OH excluding ortho intramolecular Hbond substituents is 3. The van der Waals surface area contributed by atoms with Crippen molar-refractivity contribution in [1.29, 1.82) is 0 Å². The first-order valence-electron chi connectivity index (χ1n) is 24.8. The molecule has 0 amide bonds. The second-order valence-electron chi connectivity index (χ2n) is 20.1. The molecule has 2 unspecified atom stereocenters. The third kappa shape index (κ3) is 7.44. The molecule has 6 aliphatic rings.